The monoisotopic (exact) mass is 483 g/mol. The molecule has 9 heteroatoms. The highest BCUT2D eigenvalue weighted by Crippen LogP contribution is 2.27. The molecule has 180 valence electrons. The lowest BCUT2D eigenvalue weighted by Crippen LogP contribution is -2.36. The number of likely N-dealkylation sites (tertiary alicyclic amines) is 1. The van der Waals surface area contributed by atoms with Gasteiger partial charge in [0.05, 0.1) is 30.9 Å². The molecule has 2 heterocycles. The van der Waals surface area contributed by atoms with Crippen LogP contribution in [-0.2, 0) is 16.6 Å². The van der Waals surface area contributed by atoms with Gasteiger partial charge in [0.1, 0.15) is 11.5 Å². The van der Waals surface area contributed by atoms with Crippen LogP contribution in [0, 0.1) is 0 Å². The summed E-state index contributed by atoms with van der Waals surface area (Å²) >= 11 is 0. The summed E-state index contributed by atoms with van der Waals surface area (Å²) in [5.74, 6) is 1.05. The fourth-order valence-electron chi connectivity index (χ4n) is 4.10. The molecular weight excluding hydrogens is 454 g/mol. The maximum atomic E-state index is 12.8. The zero-order valence-electron chi connectivity index (χ0n) is 19.1. The molecular formula is C25H29N3O5S. The van der Waals surface area contributed by atoms with Gasteiger partial charge < -0.3 is 14.5 Å². The lowest BCUT2D eigenvalue weighted by Gasteiger charge is -2.28. The van der Waals surface area contributed by atoms with Crippen molar-refractivity contribution in [1.82, 2.24) is 14.9 Å². The van der Waals surface area contributed by atoms with E-state index in [2.05, 4.69) is 14.9 Å². The van der Waals surface area contributed by atoms with Crippen LogP contribution in [0.15, 0.2) is 76.2 Å². The molecule has 1 saturated heterocycles. The summed E-state index contributed by atoms with van der Waals surface area (Å²) in [5.41, 5.74) is 1.49. The van der Waals surface area contributed by atoms with Crippen molar-refractivity contribution in [3.63, 3.8) is 0 Å². The number of sulfonamides is 1. The Hall–Kier alpha value is -3.14. The minimum absolute atomic E-state index is 0.0343. The number of carbonyl (C=O) groups is 1. The summed E-state index contributed by atoms with van der Waals surface area (Å²) in [4.78, 5) is 15.3. The van der Waals surface area contributed by atoms with E-state index in [1.807, 2.05) is 24.3 Å². The first-order valence-corrected chi connectivity index (χ1v) is 12.7. The smallest absolute Gasteiger partial charge is 0.251 e. The molecule has 1 atom stereocenters. The van der Waals surface area contributed by atoms with Crippen molar-refractivity contribution in [2.75, 3.05) is 26.7 Å². The number of nitrogens with zero attached hydrogens (tertiary/aromatic N) is 1. The van der Waals surface area contributed by atoms with Crippen molar-refractivity contribution < 1.29 is 22.4 Å². The van der Waals surface area contributed by atoms with E-state index in [1.54, 1.807) is 19.2 Å². The number of hydrogen-bond acceptors (Lipinski definition) is 6. The van der Waals surface area contributed by atoms with Crippen molar-refractivity contribution in [2.45, 2.75) is 30.3 Å². The maximum Gasteiger partial charge on any atom is 0.251 e. The van der Waals surface area contributed by atoms with E-state index in [0.29, 0.717) is 17.9 Å². The molecule has 2 N–H and O–H groups in total. The molecule has 0 aliphatic carbocycles. The summed E-state index contributed by atoms with van der Waals surface area (Å²) in [5, 5.41) is 3.01. The van der Waals surface area contributed by atoms with Crippen molar-refractivity contribution in [3.05, 3.63) is 83.8 Å². The number of carbonyl (C=O) groups excluding carboxylic acids is 1. The number of furan rings is 1. The number of nitrogens with one attached hydrogen (secondary N) is 2. The minimum Gasteiger partial charge on any atom is -0.497 e. The highest BCUT2D eigenvalue weighted by atomic mass is 32.2. The van der Waals surface area contributed by atoms with E-state index in [4.69, 9.17) is 9.15 Å². The minimum atomic E-state index is -3.72. The molecule has 1 fully saturated rings. The number of ether oxygens (including phenoxy) is 1. The highest BCUT2D eigenvalue weighted by Gasteiger charge is 2.24. The van der Waals surface area contributed by atoms with E-state index in [9.17, 15) is 13.2 Å². The number of rotatable bonds is 10. The van der Waals surface area contributed by atoms with Crippen LogP contribution in [0.25, 0.3) is 0 Å². The standard InChI is InChI=1S/C25H29N3O5S/c1-32-21-7-4-6-20(16-21)24(28-13-2-3-14-28)18-26-25(29)19-9-11-23(12-10-19)34(30,31)27-17-22-8-5-15-33-22/h4-12,15-16,24,27H,2-3,13-14,17-18H2,1H3,(H,26,29)/t24-/m0/s1. The molecule has 0 saturated carbocycles. The lowest BCUT2D eigenvalue weighted by molar-refractivity contribution is 0.0938. The molecule has 1 aliphatic rings. The average molecular weight is 484 g/mol. The number of amides is 1. The van der Waals surface area contributed by atoms with Crippen LogP contribution in [0.3, 0.4) is 0 Å². The van der Waals surface area contributed by atoms with Crippen LogP contribution < -0.4 is 14.8 Å². The molecule has 1 aliphatic heterocycles. The van der Waals surface area contributed by atoms with Crippen molar-refractivity contribution in [2.24, 2.45) is 0 Å². The summed E-state index contributed by atoms with van der Waals surface area (Å²) in [6.45, 7) is 2.46. The van der Waals surface area contributed by atoms with Crippen LogP contribution in [-0.4, -0.2) is 46.0 Å². The van der Waals surface area contributed by atoms with Crippen LogP contribution >= 0.6 is 0 Å². The van der Waals surface area contributed by atoms with Gasteiger partial charge in [0, 0.05) is 12.1 Å². The Labute approximate surface area is 200 Å². The molecule has 1 aromatic heterocycles. The van der Waals surface area contributed by atoms with Gasteiger partial charge in [-0.1, -0.05) is 12.1 Å². The predicted molar refractivity (Wildman–Crippen MR) is 128 cm³/mol. The first-order valence-electron chi connectivity index (χ1n) is 11.2. The Balaban J connectivity index is 1.40. The third kappa shape index (κ3) is 5.85. The summed E-state index contributed by atoms with van der Waals surface area (Å²) in [6.07, 6.45) is 3.76. The molecule has 2 aromatic carbocycles. The molecule has 1 amide bonds. The average Bonchev–Trinajstić information content (AvgIpc) is 3.58. The maximum absolute atomic E-state index is 12.8. The predicted octanol–water partition coefficient (Wildman–Crippen LogP) is 3.33. The Morgan fingerprint density at radius 2 is 1.85 bits per heavy atom. The second-order valence-electron chi connectivity index (χ2n) is 8.17. The van der Waals surface area contributed by atoms with Gasteiger partial charge >= 0.3 is 0 Å². The van der Waals surface area contributed by atoms with Gasteiger partial charge in [0.25, 0.3) is 5.91 Å². The van der Waals surface area contributed by atoms with Crippen LogP contribution in [0.2, 0.25) is 0 Å². The fraction of sp³-hybridized carbons (Fsp3) is 0.320. The lowest BCUT2D eigenvalue weighted by atomic mass is 10.0. The quantitative estimate of drug-likeness (QED) is 0.459. The van der Waals surface area contributed by atoms with Crippen LogP contribution in [0.4, 0.5) is 0 Å². The molecule has 3 aromatic rings. The van der Waals surface area contributed by atoms with E-state index in [-0.39, 0.29) is 23.4 Å². The molecule has 4 rings (SSSR count). The van der Waals surface area contributed by atoms with Gasteiger partial charge in [-0.15, -0.1) is 0 Å². The SMILES string of the molecule is COc1cccc([C@H](CNC(=O)c2ccc(S(=O)(=O)NCc3ccco3)cc2)N2CCCC2)c1. The van der Waals surface area contributed by atoms with Gasteiger partial charge in [-0.3, -0.25) is 9.69 Å². The first kappa shape index (κ1) is 24.0. The van der Waals surface area contributed by atoms with Gasteiger partial charge in [0.15, 0.2) is 0 Å². The molecule has 34 heavy (non-hydrogen) atoms. The number of methoxy groups -OCH3 is 1. The van der Waals surface area contributed by atoms with Gasteiger partial charge in [-0.2, -0.15) is 0 Å². The Bertz CT molecular complexity index is 1190. The Morgan fingerprint density at radius 3 is 2.53 bits per heavy atom. The zero-order chi connectivity index (χ0) is 24.0. The summed E-state index contributed by atoms with van der Waals surface area (Å²) in [7, 11) is -2.08. The van der Waals surface area contributed by atoms with Gasteiger partial charge in [-0.25, -0.2) is 13.1 Å². The first-order chi connectivity index (χ1) is 16.5. The number of benzene rings is 2. The molecule has 0 radical (unpaired) electrons. The normalized spacial score (nSPS) is 15.2. The molecule has 8 nitrogen and oxygen atoms in total. The molecule has 0 bridgehead atoms. The van der Waals surface area contributed by atoms with Crippen LogP contribution in [0.5, 0.6) is 5.75 Å². The topological polar surface area (TPSA) is 101 Å². The zero-order valence-corrected chi connectivity index (χ0v) is 19.9. The van der Waals surface area contributed by atoms with E-state index in [1.165, 1.54) is 30.5 Å². The van der Waals surface area contributed by atoms with Crippen molar-refractivity contribution in [1.29, 1.82) is 0 Å². The van der Waals surface area contributed by atoms with Crippen molar-refractivity contribution in [3.8, 4) is 5.75 Å². The fourth-order valence-corrected chi connectivity index (χ4v) is 5.09. The van der Waals surface area contributed by atoms with Crippen molar-refractivity contribution >= 4 is 15.9 Å². The summed E-state index contributed by atoms with van der Waals surface area (Å²) in [6, 6.07) is 17.2. The molecule has 0 unspecified atom stereocenters. The second kappa shape index (κ2) is 10.9. The van der Waals surface area contributed by atoms with Gasteiger partial charge in [-0.05, 0) is 80.0 Å². The van der Waals surface area contributed by atoms with E-state index in [0.717, 1.165) is 37.2 Å². The Morgan fingerprint density at radius 1 is 1.09 bits per heavy atom. The molecule has 0 spiro atoms. The number of hydrogen-bond donors (Lipinski definition) is 2. The third-order valence-corrected chi connectivity index (χ3v) is 7.38. The second-order valence-corrected chi connectivity index (χ2v) is 9.94. The third-order valence-electron chi connectivity index (χ3n) is 5.96. The summed E-state index contributed by atoms with van der Waals surface area (Å²) < 4.78 is 38.0. The van der Waals surface area contributed by atoms with Crippen LogP contribution in [0.1, 0.15) is 40.6 Å². The Kier molecular flexibility index (Phi) is 7.66. The van der Waals surface area contributed by atoms with E-state index < -0.39 is 10.0 Å². The largest absolute Gasteiger partial charge is 0.497 e. The van der Waals surface area contributed by atoms with E-state index >= 15 is 0 Å². The van der Waals surface area contributed by atoms with Gasteiger partial charge in [0.2, 0.25) is 10.0 Å². The highest BCUT2D eigenvalue weighted by molar-refractivity contribution is 7.89.